The van der Waals surface area contributed by atoms with Crippen LogP contribution in [-0.2, 0) is 12.6 Å². The van der Waals surface area contributed by atoms with E-state index in [9.17, 15) is 13.2 Å². The number of fused-ring (bicyclic) bond motifs is 1. The summed E-state index contributed by atoms with van der Waals surface area (Å²) >= 11 is 0. The van der Waals surface area contributed by atoms with Crippen LogP contribution < -0.4 is 5.73 Å². The molecule has 3 nitrogen and oxygen atoms in total. The van der Waals surface area contributed by atoms with Crippen molar-refractivity contribution in [3.8, 4) is 0 Å². The number of nitrogens with two attached hydrogens (primary N) is 1. The van der Waals surface area contributed by atoms with Crippen molar-refractivity contribution in [3.05, 3.63) is 29.5 Å². The molecule has 1 aromatic carbocycles. The van der Waals surface area contributed by atoms with E-state index < -0.39 is 11.9 Å². The standard InChI is InChI=1S/C10H9F3N2O/c11-10(12,13)9-7-3-1-2-6(4-5-14)8(7)16-15-9/h1-3H,4-5,14H2. The van der Waals surface area contributed by atoms with E-state index in [-0.39, 0.29) is 11.0 Å². The molecule has 0 fully saturated rings. The predicted molar refractivity (Wildman–Crippen MR) is 51.8 cm³/mol. The number of aromatic nitrogens is 1. The van der Waals surface area contributed by atoms with E-state index in [0.29, 0.717) is 18.5 Å². The van der Waals surface area contributed by atoms with Crippen LogP contribution in [0.2, 0.25) is 0 Å². The molecule has 2 N–H and O–H groups in total. The van der Waals surface area contributed by atoms with Crippen molar-refractivity contribution in [3.63, 3.8) is 0 Å². The molecule has 0 aliphatic carbocycles. The van der Waals surface area contributed by atoms with Gasteiger partial charge in [0.25, 0.3) is 0 Å². The molecule has 2 rings (SSSR count). The molecule has 0 saturated heterocycles. The molecule has 0 bridgehead atoms. The maximum absolute atomic E-state index is 12.5. The second-order valence-corrected chi connectivity index (χ2v) is 3.36. The van der Waals surface area contributed by atoms with Crippen molar-refractivity contribution in [2.45, 2.75) is 12.6 Å². The van der Waals surface area contributed by atoms with Gasteiger partial charge in [0.15, 0.2) is 11.3 Å². The lowest BCUT2D eigenvalue weighted by molar-refractivity contribution is -0.141. The van der Waals surface area contributed by atoms with E-state index in [0.717, 1.165) is 0 Å². The molecular weight excluding hydrogens is 221 g/mol. The lowest BCUT2D eigenvalue weighted by Gasteiger charge is -2.01. The van der Waals surface area contributed by atoms with Crippen molar-refractivity contribution >= 4 is 11.0 Å². The predicted octanol–water partition coefficient (Wildman–Crippen LogP) is 2.35. The molecule has 86 valence electrons. The number of alkyl halides is 3. The second-order valence-electron chi connectivity index (χ2n) is 3.36. The lowest BCUT2D eigenvalue weighted by atomic mass is 10.1. The summed E-state index contributed by atoms with van der Waals surface area (Å²) in [5.41, 5.74) is 5.18. The monoisotopic (exact) mass is 230 g/mol. The smallest absolute Gasteiger partial charge is 0.355 e. The zero-order chi connectivity index (χ0) is 11.8. The Balaban J connectivity index is 2.62. The van der Waals surface area contributed by atoms with Crippen LogP contribution in [-0.4, -0.2) is 11.7 Å². The van der Waals surface area contributed by atoms with Crippen LogP contribution in [0, 0.1) is 0 Å². The average molecular weight is 230 g/mol. The van der Waals surface area contributed by atoms with Crippen molar-refractivity contribution in [1.29, 1.82) is 0 Å². The third-order valence-corrected chi connectivity index (χ3v) is 2.26. The Labute approximate surface area is 89.0 Å². The molecule has 0 amide bonds. The van der Waals surface area contributed by atoms with Crippen LogP contribution >= 0.6 is 0 Å². The fourth-order valence-corrected chi connectivity index (χ4v) is 1.58. The molecule has 0 unspecified atom stereocenters. The van der Waals surface area contributed by atoms with E-state index in [4.69, 9.17) is 10.3 Å². The van der Waals surface area contributed by atoms with Gasteiger partial charge in [-0.3, -0.25) is 0 Å². The summed E-state index contributed by atoms with van der Waals surface area (Å²) in [5.74, 6) is 0. The molecule has 1 heterocycles. The molecule has 6 heteroatoms. The van der Waals surface area contributed by atoms with Gasteiger partial charge in [-0.1, -0.05) is 17.3 Å². The SMILES string of the molecule is NCCc1cccc2c(C(F)(F)F)noc12. The Morgan fingerprint density at radius 2 is 2.06 bits per heavy atom. The first-order valence-corrected chi connectivity index (χ1v) is 4.68. The molecule has 1 aromatic heterocycles. The average Bonchev–Trinajstić information content (AvgIpc) is 2.62. The zero-order valence-corrected chi connectivity index (χ0v) is 8.21. The highest BCUT2D eigenvalue weighted by molar-refractivity contribution is 5.82. The largest absolute Gasteiger partial charge is 0.437 e. The summed E-state index contributed by atoms with van der Waals surface area (Å²) in [6, 6.07) is 4.56. The third kappa shape index (κ3) is 1.76. The molecule has 2 aromatic rings. The van der Waals surface area contributed by atoms with Gasteiger partial charge in [0.05, 0.1) is 5.39 Å². The molecule has 16 heavy (non-hydrogen) atoms. The fraction of sp³-hybridized carbons (Fsp3) is 0.300. The van der Waals surface area contributed by atoms with Crippen LogP contribution in [0.3, 0.4) is 0 Å². The van der Waals surface area contributed by atoms with Crippen molar-refractivity contribution < 1.29 is 17.7 Å². The number of nitrogens with zero attached hydrogens (tertiary/aromatic N) is 1. The summed E-state index contributed by atoms with van der Waals surface area (Å²) < 4.78 is 42.3. The van der Waals surface area contributed by atoms with Crippen molar-refractivity contribution in [1.82, 2.24) is 5.16 Å². The number of hydrogen-bond donors (Lipinski definition) is 1. The van der Waals surface area contributed by atoms with Crippen molar-refractivity contribution in [2.75, 3.05) is 6.54 Å². The number of halogens is 3. The lowest BCUT2D eigenvalue weighted by Crippen LogP contribution is -2.06. The van der Waals surface area contributed by atoms with E-state index in [1.165, 1.54) is 6.07 Å². The molecule has 0 atom stereocenters. The zero-order valence-electron chi connectivity index (χ0n) is 8.21. The second kappa shape index (κ2) is 3.79. The fourth-order valence-electron chi connectivity index (χ4n) is 1.58. The first-order valence-electron chi connectivity index (χ1n) is 4.68. The Bertz CT molecular complexity index is 504. The van der Waals surface area contributed by atoms with Gasteiger partial charge in [0.1, 0.15) is 0 Å². The van der Waals surface area contributed by atoms with Crippen LogP contribution in [0.5, 0.6) is 0 Å². The summed E-state index contributed by atoms with van der Waals surface area (Å²) in [4.78, 5) is 0. The van der Waals surface area contributed by atoms with Crippen LogP contribution in [0.25, 0.3) is 11.0 Å². The molecule has 0 saturated carbocycles. The first kappa shape index (κ1) is 10.9. The van der Waals surface area contributed by atoms with Gasteiger partial charge >= 0.3 is 6.18 Å². The highest BCUT2D eigenvalue weighted by Crippen LogP contribution is 2.34. The van der Waals surface area contributed by atoms with Gasteiger partial charge in [0, 0.05) is 0 Å². The Morgan fingerprint density at radius 1 is 1.31 bits per heavy atom. The Kier molecular flexibility index (Phi) is 2.59. The topological polar surface area (TPSA) is 52.0 Å². The van der Waals surface area contributed by atoms with Crippen LogP contribution in [0.1, 0.15) is 11.3 Å². The molecular formula is C10H9F3N2O. The van der Waals surface area contributed by atoms with Gasteiger partial charge in [-0.15, -0.1) is 0 Å². The van der Waals surface area contributed by atoms with E-state index in [1.54, 1.807) is 12.1 Å². The maximum Gasteiger partial charge on any atom is 0.437 e. The highest BCUT2D eigenvalue weighted by Gasteiger charge is 2.37. The number of para-hydroxylation sites is 1. The maximum atomic E-state index is 12.5. The Morgan fingerprint density at radius 3 is 2.69 bits per heavy atom. The van der Waals surface area contributed by atoms with Gasteiger partial charge in [-0.2, -0.15) is 13.2 Å². The van der Waals surface area contributed by atoms with Crippen molar-refractivity contribution in [2.24, 2.45) is 5.73 Å². The summed E-state index contributed by atoms with van der Waals surface area (Å²) in [5, 5.41) is 3.05. The minimum Gasteiger partial charge on any atom is -0.355 e. The number of rotatable bonds is 2. The van der Waals surface area contributed by atoms with Gasteiger partial charge in [-0.05, 0) is 24.6 Å². The molecule has 0 aliphatic rings. The normalized spacial score (nSPS) is 12.2. The number of benzene rings is 1. The summed E-state index contributed by atoms with van der Waals surface area (Å²) in [7, 11) is 0. The quantitative estimate of drug-likeness (QED) is 0.861. The molecule has 0 aliphatic heterocycles. The van der Waals surface area contributed by atoms with E-state index in [1.807, 2.05) is 0 Å². The van der Waals surface area contributed by atoms with E-state index in [2.05, 4.69) is 5.16 Å². The summed E-state index contributed by atoms with van der Waals surface area (Å²) in [6.07, 6.45) is -4.03. The molecule has 0 spiro atoms. The van der Waals surface area contributed by atoms with Gasteiger partial charge in [-0.25, -0.2) is 0 Å². The van der Waals surface area contributed by atoms with Gasteiger partial charge in [0.2, 0.25) is 0 Å². The summed E-state index contributed by atoms with van der Waals surface area (Å²) in [6.45, 7) is 0.348. The third-order valence-electron chi connectivity index (χ3n) is 2.26. The van der Waals surface area contributed by atoms with E-state index >= 15 is 0 Å². The molecule has 0 radical (unpaired) electrons. The minimum atomic E-state index is -4.49. The highest BCUT2D eigenvalue weighted by atomic mass is 19.4. The van der Waals surface area contributed by atoms with Crippen LogP contribution in [0.4, 0.5) is 13.2 Å². The van der Waals surface area contributed by atoms with Crippen LogP contribution in [0.15, 0.2) is 22.7 Å². The van der Waals surface area contributed by atoms with Gasteiger partial charge < -0.3 is 10.3 Å². The first-order chi connectivity index (χ1) is 7.54. The Hall–Kier alpha value is -1.56. The minimum absolute atomic E-state index is 0.0153. The number of hydrogen-bond acceptors (Lipinski definition) is 3.